The van der Waals surface area contributed by atoms with E-state index in [1.165, 1.54) is 5.56 Å². The van der Waals surface area contributed by atoms with Gasteiger partial charge < -0.3 is 5.32 Å². The predicted molar refractivity (Wildman–Crippen MR) is 58.6 cm³/mol. The quantitative estimate of drug-likeness (QED) is 0.678. The molecule has 13 heavy (non-hydrogen) atoms. The van der Waals surface area contributed by atoms with Crippen LogP contribution in [-0.4, -0.2) is 13.1 Å². The van der Waals surface area contributed by atoms with Crippen LogP contribution < -0.4 is 5.32 Å². The van der Waals surface area contributed by atoms with Crippen LogP contribution in [0.4, 0.5) is 0 Å². The second-order valence-corrected chi connectivity index (χ2v) is 2.96. The molecule has 0 aromatic heterocycles. The van der Waals surface area contributed by atoms with Crippen molar-refractivity contribution in [2.75, 3.05) is 13.1 Å². The Hall–Kier alpha value is -1.08. The molecule has 1 aromatic carbocycles. The summed E-state index contributed by atoms with van der Waals surface area (Å²) in [6.45, 7) is 4.25. The Kier molecular flexibility index (Phi) is 4.95. The van der Waals surface area contributed by atoms with Crippen molar-refractivity contribution in [2.24, 2.45) is 0 Å². The van der Waals surface area contributed by atoms with Gasteiger partial charge in [0.15, 0.2) is 0 Å². The monoisotopic (exact) mass is 175 g/mol. The third kappa shape index (κ3) is 4.48. The highest BCUT2D eigenvalue weighted by molar-refractivity contribution is 5.48. The molecule has 0 amide bonds. The van der Waals surface area contributed by atoms with E-state index in [2.05, 4.69) is 48.7 Å². The fourth-order valence-corrected chi connectivity index (χ4v) is 1.15. The lowest BCUT2D eigenvalue weighted by molar-refractivity contribution is 0.727. The van der Waals surface area contributed by atoms with E-state index < -0.39 is 0 Å². The largest absolute Gasteiger partial charge is 0.317 e. The normalized spacial score (nSPS) is 10.8. The summed E-state index contributed by atoms with van der Waals surface area (Å²) in [6, 6.07) is 10.4. The van der Waals surface area contributed by atoms with Crippen LogP contribution in [-0.2, 0) is 0 Å². The molecule has 0 heterocycles. The third-order valence-corrected chi connectivity index (χ3v) is 1.85. The van der Waals surface area contributed by atoms with Crippen LogP contribution in [0, 0.1) is 0 Å². The molecule has 0 atom stereocenters. The minimum atomic E-state index is 1.05. The van der Waals surface area contributed by atoms with E-state index in [0.717, 1.165) is 19.5 Å². The SMILES string of the molecule is CCNCC/C=C/c1ccccc1. The Morgan fingerprint density at radius 3 is 2.69 bits per heavy atom. The van der Waals surface area contributed by atoms with Gasteiger partial charge in [-0.3, -0.25) is 0 Å². The first-order valence-corrected chi connectivity index (χ1v) is 4.86. The van der Waals surface area contributed by atoms with Gasteiger partial charge in [-0.15, -0.1) is 0 Å². The lowest BCUT2D eigenvalue weighted by Gasteiger charge is -1.95. The smallest absolute Gasteiger partial charge is 0.00143 e. The Morgan fingerprint density at radius 1 is 1.23 bits per heavy atom. The minimum Gasteiger partial charge on any atom is -0.317 e. The summed E-state index contributed by atoms with van der Waals surface area (Å²) in [5, 5.41) is 3.28. The van der Waals surface area contributed by atoms with Crippen molar-refractivity contribution in [3.8, 4) is 0 Å². The summed E-state index contributed by atoms with van der Waals surface area (Å²) in [5.41, 5.74) is 1.28. The van der Waals surface area contributed by atoms with Crippen molar-refractivity contribution >= 4 is 6.08 Å². The zero-order valence-corrected chi connectivity index (χ0v) is 8.16. The van der Waals surface area contributed by atoms with Crippen LogP contribution in [0.1, 0.15) is 18.9 Å². The molecule has 1 aromatic rings. The van der Waals surface area contributed by atoms with Crippen molar-refractivity contribution in [2.45, 2.75) is 13.3 Å². The number of rotatable bonds is 5. The molecule has 0 aliphatic rings. The van der Waals surface area contributed by atoms with Gasteiger partial charge >= 0.3 is 0 Å². The fourth-order valence-electron chi connectivity index (χ4n) is 1.15. The highest BCUT2D eigenvalue weighted by atomic mass is 14.8. The number of hydrogen-bond donors (Lipinski definition) is 1. The Balaban J connectivity index is 2.25. The van der Waals surface area contributed by atoms with Crippen molar-refractivity contribution in [3.05, 3.63) is 42.0 Å². The summed E-state index contributed by atoms with van der Waals surface area (Å²) in [4.78, 5) is 0. The van der Waals surface area contributed by atoms with Crippen molar-refractivity contribution in [1.29, 1.82) is 0 Å². The molecule has 0 radical (unpaired) electrons. The molecule has 0 spiro atoms. The van der Waals surface area contributed by atoms with Crippen molar-refractivity contribution in [1.82, 2.24) is 5.32 Å². The van der Waals surface area contributed by atoms with E-state index in [4.69, 9.17) is 0 Å². The molecule has 1 heteroatoms. The van der Waals surface area contributed by atoms with Gasteiger partial charge in [0.1, 0.15) is 0 Å². The van der Waals surface area contributed by atoms with Crippen LogP contribution in [0.5, 0.6) is 0 Å². The molecule has 0 aliphatic heterocycles. The lowest BCUT2D eigenvalue weighted by atomic mass is 10.2. The van der Waals surface area contributed by atoms with E-state index in [-0.39, 0.29) is 0 Å². The van der Waals surface area contributed by atoms with Gasteiger partial charge in [-0.1, -0.05) is 49.4 Å². The second kappa shape index (κ2) is 6.44. The van der Waals surface area contributed by atoms with Gasteiger partial charge in [0, 0.05) is 0 Å². The second-order valence-electron chi connectivity index (χ2n) is 2.96. The molecule has 0 unspecified atom stereocenters. The van der Waals surface area contributed by atoms with Gasteiger partial charge in [-0.2, -0.15) is 0 Å². The van der Waals surface area contributed by atoms with Gasteiger partial charge in [0.25, 0.3) is 0 Å². The molecular formula is C12H17N. The minimum absolute atomic E-state index is 1.05. The fraction of sp³-hybridized carbons (Fsp3) is 0.333. The Labute approximate surface area is 80.5 Å². The number of benzene rings is 1. The summed E-state index contributed by atoms with van der Waals surface area (Å²) in [5.74, 6) is 0. The van der Waals surface area contributed by atoms with Crippen molar-refractivity contribution < 1.29 is 0 Å². The van der Waals surface area contributed by atoms with Gasteiger partial charge in [-0.25, -0.2) is 0 Å². The molecule has 1 rings (SSSR count). The highest BCUT2D eigenvalue weighted by Crippen LogP contribution is 2.01. The van der Waals surface area contributed by atoms with E-state index in [9.17, 15) is 0 Å². The molecule has 0 fully saturated rings. The molecular weight excluding hydrogens is 158 g/mol. The highest BCUT2D eigenvalue weighted by Gasteiger charge is 1.82. The molecule has 70 valence electrons. The Bertz CT molecular complexity index is 239. The first-order valence-electron chi connectivity index (χ1n) is 4.86. The van der Waals surface area contributed by atoms with Crippen LogP contribution in [0.25, 0.3) is 6.08 Å². The van der Waals surface area contributed by atoms with E-state index >= 15 is 0 Å². The average Bonchev–Trinajstić information content (AvgIpc) is 2.19. The van der Waals surface area contributed by atoms with Crippen LogP contribution in [0.2, 0.25) is 0 Å². The number of nitrogens with one attached hydrogen (secondary N) is 1. The van der Waals surface area contributed by atoms with Crippen molar-refractivity contribution in [3.63, 3.8) is 0 Å². The molecule has 0 saturated heterocycles. The molecule has 0 saturated carbocycles. The molecule has 1 nitrogen and oxygen atoms in total. The van der Waals surface area contributed by atoms with E-state index in [1.54, 1.807) is 0 Å². The van der Waals surface area contributed by atoms with E-state index in [1.807, 2.05) is 6.07 Å². The van der Waals surface area contributed by atoms with Gasteiger partial charge in [0.05, 0.1) is 0 Å². The molecule has 0 bridgehead atoms. The summed E-state index contributed by atoms with van der Waals surface area (Å²) in [7, 11) is 0. The average molecular weight is 175 g/mol. The maximum absolute atomic E-state index is 3.28. The first-order chi connectivity index (χ1) is 6.43. The standard InChI is InChI=1S/C12H17N/c1-2-13-11-7-6-10-12-8-4-3-5-9-12/h3-6,8-10,13H,2,7,11H2,1H3/b10-6+. The predicted octanol–water partition coefficient (Wildman–Crippen LogP) is 2.70. The first kappa shape index (κ1) is 10.0. The molecule has 0 aliphatic carbocycles. The summed E-state index contributed by atoms with van der Waals surface area (Å²) >= 11 is 0. The van der Waals surface area contributed by atoms with Crippen LogP contribution in [0.3, 0.4) is 0 Å². The zero-order valence-electron chi connectivity index (χ0n) is 8.16. The summed E-state index contributed by atoms with van der Waals surface area (Å²) in [6.07, 6.45) is 5.47. The number of hydrogen-bond acceptors (Lipinski definition) is 1. The topological polar surface area (TPSA) is 12.0 Å². The maximum atomic E-state index is 3.28. The van der Waals surface area contributed by atoms with Crippen LogP contribution >= 0.6 is 0 Å². The van der Waals surface area contributed by atoms with Gasteiger partial charge in [-0.05, 0) is 25.1 Å². The van der Waals surface area contributed by atoms with Crippen LogP contribution in [0.15, 0.2) is 36.4 Å². The molecule has 1 N–H and O–H groups in total. The maximum Gasteiger partial charge on any atom is -0.00143 e. The zero-order chi connectivity index (χ0) is 9.36. The van der Waals surface area contributed by atoms with Gasteiger partial charge in [0.2, 0.25) is 0 Å². The summed E-state index contributed by atoms with van der Waals surface area (Å²) < 4.78 is 0. The Morgan fingerprint density at radius 2 is 2.00 bits per heavy atom. The lowest BCUT2D eigenvalue weighted by Crippen LogP contribution is -2.12. The third-order valence-electron chi connectivity index (χ3n) is 1.85. The van der Waals surface area contributed by atoms with E-state index in [0.29, 0.717) is 0 Å².